The summed E-state index contributed by atoms with van der Waals surface area (Å²) >= 11 is 0. The highest BCUT2D eigenvalue weighted by atomic mass is 16.6. The standard InChI is InChI=1S/C15H22N2O3/c1-15(2,3)20-14(19)17-12(10-18)6-7-13(17)11-5-4-8-16-9-11/h4-5,8-9,12-13,18H,6-7,10H2,1-3H3/t12-,13+/m0/s1. The van der Waals surface area contributed by atoms with Crippen LogP contribution in [-0.2, 0) is 4.74 Å². The van der Waals surface area contributed by atoms with Gasteiger partial charge in [0.15, 0.2) is 0 Å². The molecule has 1 N–H and O–H groups in total. The van der Waals surface area contributed by atoms with Crippen molar-refractivity contribution in [3.63, 3.8) is 0 Å². The van der Waals surface area contributed by atoms with E-state index in [-0.39, 0.29) is 24.8 Å². The van der Waals surface area contributed by atoms with Crippen LogP contribution in [0, 0.1) is 0 Å². The number of carbonyl (C=O) groups excluding carboxylic acids is 1. The van der Waals surface area contributed by atoms with Gasteiger partial charge in [-0.05, 0) is 45.2 Å². The van der Waals surface area contributed by atoms with Crippen molar-refractivity contribution in [1.29, 1.82) is 0 Å². The molecule has 2 rings (SSSR count). The number of pyridine rings is 1. The van der Waals surface area contributed by atoms with Crippen molar-refractivity contribution in [2.75, 3.05) is 6.61 Å². The van der Waals surface area contributed by atoms with Crippen LogP contribution >= 0.6 is 0 Å². The van der Waals surface area contributed by atoms with Crippen LogP contribution in [0.3, 0.4) is 0 Å². The van der Waals surface area contributed by atoms with Crippen LogP contribution < -0.4 is 0 Å². The van der Waals surface area contributed by atoms with E-state index in [0.717, 1.165) is 18.4 Å². The molecule has 1 fully saturated rings. The van der Waals surface area contributed by atoms with Crippen LogP contribution in [0.25, 0.3) is 0 Å². The van der Waals surface area contributed by atoms with Gasteiger partial charge in [-0.2, -0.15) is 0 Å². The lowest BCUT2D eigenvalue weighted by Crippen LogP contribution is -2.42. The number of ether oxygens (including phenoxy) is 1. The molecule has 1 amide bonds. The van der Waals surface area contributed by atoms with Crippen LogP contribution in [0.4, 0.5) is 4.79 Å². The molecule has 5 heteroatoms. The van der Waals surface area contributed by atoms with Gasteiger partial charge < -0.3 is 9.84 Å². The Balaban J connectivity index is 2.22. The van der Waals surface area contributed by atoms with E-state index in [1.165, 1.54) is 0 Å². The van der Waals surface area contributed by atoms with Gasteiger partial charge in [-0.1, -0.05) is 6.07 Å². The summed E-state index contributed by atoms with van der Waals surface area (Å²) < 4.78 is 5.46. The molecule has 110 valence electrons. The first-order chi connectivity index (χ1) is 9.42. The summed E-state index contributed by atoms with van der Waals surface area (Å²) in [5.74, 6) is 0. The molecule has 0 saturated carbocycles. The zero-order valence-electron chi connectivity index (χ0n) is 12.2. The van der Waals surface area contributed by atoms with Gasteiger partial charge in [0.2, 0.25) is 0 Å². The molecule has 0 radical (unpaired) electrons. The number of likely N-dealkylation sites (tertiary alicyclic amines) is 1. The molecule has 0 bridgehead atoms. The Hall–Kier alpha value is -1.62. The lowest BCUT2D eigenvalue weighted by atomic mass is 10.1. The summed E-state index contributed by atoms with van der Waals surface area (Å²) in [6.45, 7) is 5.48. The predicted molar refractivity (Wildman–Crippen MR) is 75.2 cm³/mol. The molecule has 0 aromatic carbocycles. The maximum atomic E-state index is 12.4. The minimum atomic E-state index is -0.542. The van der Waals surface area contributed by atoms with Gasteiger partial charge in [0.25, 0.3) is 0 Å². The summed E-state index contributed by atoms with van der Waals surface area (Å²) in [5, 5.41) is 9.48. The molecule has 2 atom stereocenters. The van der Waals surface area contributed by atoms with E-state index in [1.807, 2.05) is 32.9 Å². The Morgan fingerprint density at radius 1 is 1.50 bits per heavy atom. The molecule has 20 heavy (non-hydrogen) atoms. The lowest BCUT2D eigenvalue weighted by Gasteiger charge is -2.32. The number of rotatable bonds is 2. The number of aliphatic hydroxyl groups excluding tert-OH is 1. The largest absolute Gasteiger partial charge is 0.444 e. The van der Waals surface area contributed by atoms with Gasteiger partial charge in [0.05, 0.1) is 18.7 Å². The van der Waals surface area contributed by atoms with E-state index >= 15 is 0 Å². The van der Waals surface area contributed by atoms with Gasteiger partial charge in [-0.15, -0.1) is 0 Å². The Labute approximate surface area is 119 Å². The fraction of sp³-hybridized carbons (Fsp3) is 0.600. The number of aliphatic hydroxyl groups is 1. The maximum absolute atomic E-state index is 12.4. The van der Waals surface area contributed by atoms with Crippen molar-refractivity contribution in [3.05, 3.63) is 30.1 Å². The molecule has 0 spiro atoms. The van der Waals surface area contributed by atoms with Crippen molar-refractivity contribution < 1.29 is 14.6 Å². The Morgan fingerprint density at radius 3 is 2.80 bits per heavy atom. The Bertz CT molecular complexity index is 456. The second-order valence-electron chi connectivity index (χ2n) is 6.10. The molecular formula is C15H22N2O3. The first-order valence-corrected chi connectivity index (χ1v) is 6.94. The molecular weight excluding hydrogens is 256 g/mol. The minimum Gasteiger partial charge on any atom is -0.444 e. The van der Waals surface area contributed by atoms with Gasteiger partial charge in [0.1, 0.15) is 5.60 Å². The molecule has 2 heterocycles. The first kappa shape index (κ1) is 14.8. The normalized spacial score (nSPS) is 22.9. The van der Waals surface area contributed by atoms with E-state index in [9.17, 15) is 9.90 Å². The van der Waals surface area contributed by atoms with Crippen LogP contribution in [0.1, 0.15) is 45.2 Å². The average molecular weight is 278 g/mol. The van der Waals surface area contributed by atoms with E-state index < -0.39 is 5.60 Å². The number of amides is 1. The van der Waals surface area contributed by atoms with Gasteiger partial charge in [0, 0.05) is 12.4 Å². The number of hydrogen-bond acceptors (Lipinski definition) is 4. The van der Waals surface area contributed by atoms with Crippen molar-refractivity contribution in [2.45, 2.75) is 51.3 Å². The lowest BCUT2D eigenvalue weighted by molar-refractivity contribution is 0.00866. The fourth-order valence-electron chi connectivity index (χ4n) is 2.55. The number of hydrogen-bond donors (Lipinski definition) is 1. The van der Waals surface area contributed by atoms with Crippen molar-refractivity contribution in [2.24, 2.45) is 0 Å². The number of nitrogens with zero attached hydrogens (tertiary/aromatic N) is 2. The highest BCUT2D eigenvalue weighted by molar-refractivity contribution is 5.69. The van der Waals surface area contributed by atoms with Gasteiger partial charge in [-0.3, -0.25) is 9.88 Å². The third kappa shape index (κ3) is 3.28. The summed E-state index contributed by atoms with van der Waals surface area (Å²) in [6, 6.07) is 3.55. The molecule has 1 saturated heterocycles. The van der Waals surface area contributed by atoms with Crippen LogP contribution in [0.5, 0.6) is 0 Å². The average Bonchev–Trinajstić information content (AvgIpc) is 2.81. The molecule has 0 unspecified atom stereocenters. The van der Waals surface area contributed by atoms with Crippen LogP contribution in [-0.4, -0.2) is 39.3 Å². The Kier molecular flexibility index (Phi) is 4.28. The number of carbonyl (C=O) groups is 1. The molecule has 5 nitrogen and oxygen atoms in total. The summed E-state index contributed by atoms with van der Waals surface area (Å²) in [5.41, 5.74) is 0.438. The van der Waals surface area contributed by atoms with E-state index in [2.05, 4.69) is 4.98 Å². The molecule has 1 aliphatic heterocycles. The second-order valence-corrected chi connectivity index (χ2v) is 6.10. The first-order valence-electron chi connectivity index (χ1n) is 6.94. The maximum Gasteiger partial charge on any atom is 0.411 e. The van der Waals surface area contributed by atoms with E-state index in [0.29, 0.717) is 0 Å². The van der Waals surface area contributed by atoms with Crippen molar-refractivity contribution in [1.82, 2.24) is 9.88 Å². The fourth-order valence-corrected chi connectivity index (χ4v) is 2.55. The zero-order chi connectivity index (χ0) is 14.8. The van der Waals surface area contributed by atoms with E-state index in [1.54, 1.807) is 17.3 Å². The quantitative estimate of drug-likeness (QED) is 0.903. The Morgan fingerprint density at radius 2 is 2.25 bits per heavy atom. The third-order valence-electron chi connectivity index (χ3n) is 3.39. The van der Waals surface area contributed by atoms with E-state index in [4.69, 9.17) is 4.74 Å². The highest BCUT2D eigenvalue weighted by Crippen LogP contribution is 2.36. The molecule has 0 aliphatic carbocycles. The SMILES string of the molecule is CC(C)(C)OC(=O)N1[C@H](CO)CC[C@@H]1c1cccnc1. The van der Waals surface area contributed by atoms with Gasteiger partial charge >= 0.3 is 6.09 Å². The third-order valence-corrected chi connectivity index (χ3v) is 3.39. The summed E-state index contributed by atoms with van der Waals surface area (Å²) in [7, 11) is 0. The summed E-state index contributed by atoms with van der Waals surface area (Å²) in [6.07, 6.45) is 4.69. The zero-order valence-corrected chi connectivity index (χ0v) is 12.2. The molecule has 1 aromatic heterocycles. The minimum absolute atomic E-state index is 0.0456. The smallest absolute Gasteiger partial charge is 0.411 e. The molecule has 1 aliphatic rings. The summed E-state index contributed by atoms with van der Waals surface area (Å²) in [4.78, 5) is 18.1. The number of aromatic nitrogens is 1. The van der Waals surface area contributed by atoms with Crippen molar-refractivity contribution in [3.8, 4) is 0 Å². The monoisotopic (exact) mass is 278 g/mol. The van der Waals surface area contributed by atoms with Crippen molar-refractivity contribution >= 4 is 6.09 Å². The van der Waals surface area contributed by atoms with Crippen LogP contribution in [0.15, 0.2) is 24.5 Å². The highest BCUT2D eigenvalue weighted by Gasteiger charge is 2.39. The predicted octanol–water partition coefficient (Wildman–Crippen LogP) is 2.51. The molecule has 1 aromatic rings. The van der Waals surface area contributed by atoms with Crippen LogP contribution in [0.2, 0.25) is 0 Å². The second kappa shape index (κ2) is 5.79. The topological polar surface area (TPSA) is 62.7 Å². The van der Waals surface area contributed by atoms with Gasteiger partial charge in [-0.25, -0.2) is 4.79 Å².